The summed E-state index contributed by atoms with van der Waals surface area (Å²) in [4.78, 5) is 0. The molecule has 1 aliphatic rings. The molecule has 0 atom stereocenters. The maximum Gasteiger partial charge on any atom is 0.175 e. The SMILES string of the molecule is CC(C)(N)c1ccc2c(c1Br)OCCO2. The van der Waals surface area contributed by atoms with E-state index >= 15 is 0 Å². The lowest BCUT2D eigenvalue weighted by molar-refractivity contribution is 0.170. The van der Waals surface area contributed by atoms with Crippen molar-refractivity contribution in [3.8, 4) is 11.5 Å². The van der Waals surface area contributed by atoms with E-state index in [4.69, 9.17) is 15.2 Å². The zero-order valence-corrected chi connectivity index (χ0v) is 10.4. The fraction of sp³-hybridized carbons (Fsp3) is 0.455. The Balaban J connectivity index is 2.53. The molecule has 0 saturated heterocycles. The van der Waals surface area contributed by atoms with E-state index in [2.05, 4.69) is 15.9 Å². The second-order valence-corrected chi connectivity index (χ2v) is 4.97. The number of nitrogens with two attached hydrogens (primary N) is 1. The Morgan fingerprint density at radius 2 is 1.93 bits per heavy atom. The molecule has 82 valence electrons. The molecule has 1 aromatic carbocycles. The number of hydrogen-bond donors (Lipinski definition) is 1. The Morgan fingerprint density at radius 1 is 1.27 bits per heavy atom. The first-order valence-corrected chi connectivity index (χ1v) is 5.67. The second-order valence-electron chi connectivity index (χ2n) is 4.17. The van der Waals surface area contributed by atoms with Gasteiger partial charge in [-0.2, -0.15) is 0 Å². The van der Waals surface area contributed by atoms with Crippen molar-refractivity contribution in [2.45, 2.75) is 19.4 Å². The van der Waals surface area contributed by atoms with E-state index in [1.807, 2.05) is 26.0 Å². The Labute approximate surface area is 97.7 Å². The monoisotopic (exact) mass is 271 g/mol. The predicted molar refractivity (Wildman–Crippen MR) is 62.3 cm³/mol. The zero-order valence-electron chi connectivity index (χ0n) is 8.84. The van der Waals surface area contributed by atoms with Crippen LogP contribution in [-0.4, -0.2) is 13.2 Å². The summed E-state index contributed by atoms with van der Waals surface area (Å²) < 4.78 is 11.9. The molecule has 1 aromatic rings. The highest BCUT2D eigenvalue weighted by molar-refractivity contribution is 9.10. The molecule has 0 bridgehead atoms. The molecule has 3 nitrogen and oxygen atoms in total. The highest BCUT2D eigenvalue weighted by Gasteiger charge is 2.24. The molecular weight excluding hydrogens is 258 g/mol. The average Bonchev–Trinajstić information content (AvgIpc) is 2.16. The fourth-order valence-electron chi connectivity index (χ4n) is 1.58. The predicted octanol–water partition coefficient (Wildman–Crippen LogP) is 2.41. The van der Waals surface area contributed by atoms with Gasteiger partial charge in [0.05, 0.1) is 4.47 Å². The highest BCUT2D eigenvalue weighted by Crippen LogP contribution is 2.42. The molecule has 0 aliphatic carbocycles. The van der Waals surface area contributed by atoms with E-state index in [1.165, 1.54) is 0 Å². The van der Waals surface area contributed by atoms with Gasteiger partial charge >= 0.3 is 0 Å². The van der Waals surface area contributed by atoms with Crippen molar-refractivity contribution in [3.63, 3.8) is 0 Å². The highest BCUT2D eigenvalue weighted by atomic mass is 79.9. The fourth-order valence-corrected chi connectivity index (χ4v) is 2.53. The van der Waals surface area contributed by atoms with Crippen LogP contribution in [0.4, 0.5) is 0 Å². The molecule has 1 aliphatic heterocycles. The Bertz CT molecular complexity index is 385. The van der Waals surface area contributed by atoms with Crippen LogP contribution >= 0.6 is 15.9 Å². The van der Waals surface area contributed by atoms with Gasteiger partial charge in [0.15, 0.2) is 11.5 Å². The maximum absolute atomic E-state index is 6.06. The molecule has 15 heavy (non-hydrogen) atoms. The minimum Gasteiger partial charge on any atom is -0.486 e. The Morgan fingerprint density at radius 3 is 2.60 bits per heavy atom. The van der Waals surface area contributed by atoms with E-state index in [0.717, 1.165) is 21.5 Å². The van der Waals surface area contributed by atoms with Crippen molar-refractivity contribution < 1.29 is 9.47 Å². The van der Waals surface area contributed by atoms with Crippen LogP contribution in [-0.2, 0) is 5.54 Å². The van der Waals surface area contributed by atoms with Gasteiger partial charge in [-0.15, -0.1) is 0 Å². The third kappa shape index (κ3) is 1.96. The molecule has 1 heterocycles. The molecule has 2 rings (SSSR count). The van der Waals surface area contributed by atoms with Crippen molar-refractivity contribution in [2.75, 3.05) is 13.2 Å². The van der Waals surface area contributed by atoms with Gasteiger partial charge in [-0.05, 0) is 41.4 Å². The number of ether oxygens (including phenoxy) is 2. The minimum absolute atomic E-state index is 0.394. The maximum atomic E-state index is 6.06. The lowest BCUT2D eigenvalue weighted by Crippen LogP contribution is -2.29. The van der Waals surface area contributed by atoms with E-state index in [0.29, 0.717) is 13.2 Å². The van der Waals surface area contributed by atoms with Gasteiger partial charge in [0.1, 0.15) is 13.2 Å². The van der Waals surface area contributed by atoms with Gasteiger partial charge in [0.25, 0.3) is 0 Å². The number of benzene rings is 1. The first kappa shape index (κ1) is 10.8. The smallest absolute Gasteiger partial charge is 0.175 e. The summed E-state index contributed by atoms with van der Waals surface area (Å²) in [5.41, 5.74) is 6.69. The van der Waals surface area contributed by atoms with E-state index in [1.54, 1.807) is 0 Å². The lowest BCUT2D eigenvalue weighted by atomic mass is 9.95. The summed E-state index contributed by atoms with van der Waals surface area (Å²) in [5, 5.41) is 0. The third-order valence-corrected chi connectivity index (χ3v) is 3.13. The molecular formula is C11H14BrNO2. The van der Waals surface area contributed by atoms with Crippen molar-refractivity contribution >= 4 is 15.9 Å². The topological polar surface area (TPSA) is 44.5 Å². The second kappa shape index (κ2) is 3.68. The minimum atomic E-state index is -0.394. The van der Waals surface area contributed by atoms with E-state index in [9.17, 15) is 0 Å². The summed E-state index contributed by atoms with van der Waals surface area (Å²) in [6.07, 6.45) is 0. The molecule has 0 spiro atoms. The van der Waals surface area contributed by atoms with Crippen LogP contribution in [0, 0.1) is 0 Å². The molecule has 2 N–H and O–H groups in total. The quantitative estimate of drug-likeness (QED) is 0.853. The van der Waals surface area contributed by atoms with E-state index < -0.39 is 5.54 Å². The van der Waals surface area contributed by atoms with Gasteiger partial charge in [-0.3, -0.25) is 0 Å². The molecule has 4 heteroatoms. The third-order valence-electron chi connectivity index (χ3n) is 2.34. The molecule has 0 unspecified atom stereocenters. The van der Waals surface area contributed by atoms with Crippen molar-refractivity contribution in [1.29, 1.82) is 0 Å². The normalized spacial score (nSPS) is 15.2. The largest absolute Gasteiger partial charge is 0.486 e. The first-order chi connectivity index (χ1) is 7.00. The Kier molecular flexibility index (Phi) is 2.64. The molecule has 0 aromatic heterocycles. The van der Waals surface area contributed by atoms with Crippen LogP contribution in [0.1, 0.15) is 19.4 Å². The zero-order chi connectivity index (χ0) is 11.1. The van der Waals surface area contributed by atoms with Crippen LogP contribution in [0.25, 0.3) is 0 Å². The van der Waals surface area contributed by atoms with Crippen molar-refractivity contribution in [3.05, 3.63) is 22.2 Å². The lowest BCUT2D eigenvalue weighted by Gasteiger charge is -2.26. The standard InChI is InChI=1S/C11H14BrNO2/c1-11(2,13)7-3-4-8-10(9(7)12)15-6-5-14-8/h3-4H,5-6,13H2,1-2H3. The van der Waals surface area contributed by atoms with Gasteiger partial charge in [0, 0.05) is 5.54 Å². The van der Waals surface area contributed by atoms with Crippen LogP contribution in [0.5, 0.6) is 11.5 Å². The molecule has 0 saturated carbocycles. The van der Waals surface area contributed by atoms with Crippen LogP contribution in [0.2, 0.25) is 0 Å². The van der Waals surface area contributed by atoms with Crippen molar-refractivity contribution in [1.82, 2.24) is 0 Å². The van der Waals surface area contributed by atoms with Crippen LogP contribution < -0.4 is 15.2 Å². The van der Waals surface area contributed by atoms with Gasteiger partial charge in [0.2, 0.25) is 0 Å². The number of hydrogen-bond acceptors (Lipinski definition) is 3. The number of rotatable bonds is 1. The van der Waals surface area contributed by atoms with Gasteiger partial charge in [-0.25, -0.2) is 0 Å². The summed E-state index contributed by atoms with van der Waals surface area (Å²) >= 11 is 3.52. The van der Waals surface area contributed by atoms with Gasteiger partial charge < -0.3 is 15.2 Å². The summed E-state index contributed by atoms with van der Waals surface area (Å²) in [6, 6.07) is 3.88. The van der Waals surface area contributed by atoms with E-state index in [-0.39, 0.29) is 0 Å². The first-order valence-electron chi connectivity index (χ1n) is 4.87. The number of halogens is 1. The molecule has 0 amide bonds. The number of fused-ring (bicyclic) bond motifs is 1. The van der Waals surface area contributed by atoms with Crippen molar-refractivity contribution in [2.24, 2.45) is 5.73 Å². The van der Waals surface area contributed by atoms with Gasteiger partial charge in [-0.1, -0.05) is 6.07 Å². The molecule has 0 fully saturated rings. The summed E-state index contributed by atoms with van der Waals surface area (Å²) in [5.74, 6) is 1.54. The van der Waals surface area contributed by atoms with Crippen LogP contribution in [0.3, 0.4) is 0 Å². The summed E-state index contributed by atoms with van der Waals surface area (Å²) in [7, 11) is 0. The van der Waals surface area contributed by atoms with Crippen LogP contribution in [0.15, 0.2) is 16.6 Å². The summed E-state index contributed by atoms with van der Waals surface area (Å²) in [6.45, 7) is 5.11. The average molecular weight is 272 g/mol. The molecule has 0 radical (unpaired) electrons. The Hall–Kier alpha value is -0.740.